The second kappa shape index (κ2) is 15.2. The maximum atomic E-state index is 2.51. The SMILES string of the molecule is CC1(C)c2ccccc2-c2ccc(C/C=C(/c3ccc(-c4ccc5sc6ccccc6c5c4)cc3)c3cccc4c3-c3ccccc3C43c4ccccc4N(c4ccccc4)c4ccccc43)cc21. The van der Waals surface area contributed by atoms with Crippen molar-refractivity contribution in [2.75, 3.05) is 4.90 Å². The molecule has 3 aliphatic rings. The topological polar surface area (TPSA) is 3.24 Å². The van der Waals surface area contributed by atoms with E-state index < -0.39 is 5.41 Å². The van der Waals surface area contributed by atoms with E-state index in [-0.39, 0.29) is 5.41 Å². The summed E-state index contributed by atoms with van der Waals surface area (Å²) in [4.78, 5) is 2.46. The zero-order chi connectivity index (χ0) is 45.8. The summed E-state index contributed by atoms with van der Waals surface area (Å²) in [7, 11) is 0. The highest BCUT2D eigenvalue weighted by molar-refractivity contribution is 7.25. The molecule has 14 rings (SSSR count). The quantitative estimate of drug-likeness (QED) is 0.161. The zero-order valence-electron chi connectivity index (χ0n) is 38.6. The number of hydrogen-bond acceptors (Lipinski definition) is 2. The molecule has 0 radical (unpaired) electrons. The number of para-hydroxylation sites is 3. The molecule has 1 aliphatic heterocycles. The molecule has 0 saturated heterocycles. The number of nitrogens with zero attached hydrogens (tertiary/aromatic N) is 1. The zero-order valence-corrected chi connectivity index (χ0v) is 39.4. The van der Waals surface area contributed by atoms with Crippen LogP contribution < -0.4 is 4.90 Å². The monoisotopic (exact) mass is 897 g/mol. The van der Waals surface area contributed by atoms with Crippen molar-refractivity contribution in [2.24, 2.45) is 0 Å². The van der Waals surface area contributed by atoms with Crippen LogP contribution in [0.4, 0.5) is 17.1 Å². The molecule has 1 nitrogen and oxygen atoms in total. The molecule has 326 valence electrons. The first-order chi connectivity index (χ1) is 34.0. The Morgan fingerprint density at radius 1 is 0.449 bits per heavy atom. The third kappa shape index (κ3) is 5.82. The number of thiophene rings is 1. The number of benzene rings is 10. The Kier molecular flexibility index (Phi) is 8.85. The normalized spacial score (nSPS) is 14.6. The number of allylic oxidation sites excluding steroid dienone is 1. The van der Waals surface area contributed by atoms with Crippen molar-refractivity contribution >= 4 is 54.1 Å². The lowest BCUT2D eigenvalue weighted by molar-refractivity contribution is 0.659. The minimum atomic E-state index is -0.541. The third-order valence-electron chi connectivity index (χ3n) is 15.6. The first-order valence-corrected chi connectivity index (χ1v) is 25.0. The molecule has 10 aromatic carbocycles. The van der Waals surface area contributed by atoms with E-state index in [9.17, 15) is 0 Å². The molecule has 1 spiro atoms. The van der Waals surface area contributed by atoms with Gasteiger partial charge in [-0.15, -0.1) is 11.3 Å². The lowest BCUT2D eigenvalue weighted by Crippen LogP contribution is -2.36. The van der Waals surface area contributed by atoms with E-state index in [4.69, 9.17) is 0 Å². The van der Waals surface area contributed by atoms with Gasteiger partial charge in [0.05, 0.1) is 16.8 Å². The Labute approximate surface area is 407 Å². The Balaban J connectivity index is 0.963. The summed E-state index contributed by atoms with van der Waals surface area (Å²) in [5.41, 5.74) is 23.8. The van der Waals surface area contributed by atoms with Crippen LogP contribution in [0.5, 0.6) is 0 Å². The molecule has 0 unspecified atom stereocenters. The fourth-order valence-electron chi connectivity index (χ4n) is 12.5. The molecule has 0 atom stereocenters. The highest BCUT2D eigenvalue weighted by atomic mass is 32.1. The first-order valence-electron chi connectivity index (χ1n) is 24.2. The Bertz CT molecular complexity index is 3860. The molecule has 0 bridgehead atoms. The minimum absolute atomic E-state index is 0.0659. The lowest BCUT2D eigenvalue weighted by Gasteiger charge is -2.45. The Hall–Kier alpha value is -8.04. The predicted molar refractivity (Wildman–Crippen MR) is 292 cm³/mol. The molecule has 2 aliphatic carbocycles. The number of fused-ring (bicyclic) bond motifs is 15. The van der Waals surface area contributed by atoms with E-state index in [1.807, 2.05) is 11.3 Å². The molecular weight excluding hydrogens is 851 g/mol. The van der Waals surface area contributed by atoms with Crippen molar-refractivity contribution in [1.82, 2.24) is 0 Å². The average Bonchev–Trinajstić information content (AvgIpc) is 4.01. The van der Waals surface area contributed by atoms with Crippen molar-refractivity contribution in [2.45, 2.75) is 31.1 Å². The molecule has 1 aromatic heterocycles. The van der Waals surface area contributed by atoms with Crippen molar-refractivity contribution in [1.29, 1.82) is 0 Å². The first kappa shape index (κ1) is 40.1. The lowest BCUT2D eigenvalue weighted by atomic mass is 9.64. The van der Waals surface area contributed by atoms with Crippen LogP contribution in [0, 0.1) is 0 Å². The summed E-state index contributed by atoms with van der Waals surface area (Å²) in [5, 5.41) is 2.65. The molecule has 0 N–H and O–H groups in total. The number of rotatable bonds is 6. The van der Waals surface area contributed by atoms with Gasteiger partial charge in [0, 0.05) is 31.3 Å². The summed E-state index contributed by atoms with van der Waals surface area (Å²) < 4.78 is 2.66. The molecule has 0 amide bonds. The van der Waals surface area contributed by atoms with Crippen LogP contribution in [0.15, 0.2) is 237 Å². The van der Waals surface area contributed by atoms with E-state index >= 15 is 0 Å². The van der Waals surface area contributed by atoms with Gasteiger partial charge in [0.15, 0.2) is 0 Å². The predicted octanol–water partition coefficient (Wildman–Crippen LogP) is 17.8. The van der Waals surface area contributed by atoms with Crippen molar-refractivity contribution in [3.05, 3.63) is 287 Å². The van der Waals surface area contributed by atoms with Crippen LogP contribution in [0.1, 0.15) is 63.9 Å². The fourth-order valence-corrected chi connectivity index (χ4v) is 13.6. The Morgan fingerprint density at radius 2 is 1.06 bits per heavy atom. The van der Waals surface area contributed by atoms with Crippen LogP contribution >= 0.6 is 11.3 Å². The highest BCUT2D eigenvalue weighted by Crippen LogP contribution is 2.64. The van der Waals surface area contributed by atoms with Gasteiger partial charge in [-0.1, -0.05) is 208 Å². The van der Waals surface area contributed by atoms with Gasteiger partial charge >= 0.3 is 0 Å². The molecule has 69 heavy (non-hydrogen) atoms. The largest absolute Gasteiger partial charge is 0.310 e. The molecular formula is C67H47NS. The summed E-state index contributed by atoms with van der Waals surface area (Å²) in [6.07, 6.45) is 3.31. The number of anilines is 3. The van der Waals surface area contributed by atoms with E-state index in [2.05, 4.69) is 255 Å². The van der Waals surface area contributed by atoms with Gasteiger partial charge in [0.25, 0.3) is 0 Å². The maximum absolute atomic E-state index is 2.51. The van der Waals surface area contributed by atoms with Gasteiger partial charge in [-0.3, -0.25) is 0 Å². The van der Waals surface area contributed by atoms with Crippen LogP contribution in [0.2, 0.25) is 0 Å². The molecule has 0 fully saturated rings. The van der Waals surface area contributed by atoms with Gasteiger partial charge in [-0.25, -0.2) is 0 Å². The second-order valence-corrected chi connectivity index (χ2v) is 20.6. The van der Waals surface area contributed by atoms with Crippen LogP contribution in [0.25, 0.3) is 59.1 Å². The standard InChI is InChI=1S/C67H47NS/c1-66(2)55-23-9-6-19-49(55)50-39-32-43(41-60(50)66)31-38-48(45-35-33-44(34-36-45)46-37-40-64-54(42-46)51-20-8-15-30-63(51)69-64)52-22-16-27-59-65(52)53-21-7-10-24-56(53)67(59)57-25-11-13-28-61(57)68(47-17-4-3-5-18-47)62-29-14-12-26-58(62)67/h3-30,32-42H,31H2,1-2H3/b48-38-. The van der Waals surface area contributed by atoms with Gasteiger partial charge in [0.1, 0.15) is 0 Å². The van der Waals surface area contributed by atoms with E-state index in [0.29, 0.717) is 0 Å². The summed E-state index contributed by atoms with van der Waals surface area (Å²) in [6.45, 7) is 4.76. The second-order valence-electron chi connectivity index (χ2n) is 19.5. The van der Waals surface area contributed by atoms with Gasteiger partial charge in [-0.05, 0) is 138 Å². The molecule has 11 aromatic rings. The van der Waals surface area contributed by atoms with Crippen molar-refractivity contribution in [3.63, 3.8) is 0 Å². The smallest absolute Gasteiger partial charge is 0.0754 e. The van der Waals surface area contributed by atoms with Crippen LogP contribution in [-0.4, -0.2) is 0 Å². The van der Waals surface area contributed by atoms with Crippen LogP contribution in [-0.2, 0) is 17.3 Å². The third-order valence-corrected chi connectivity index (χ3v) is 16.7. The van der Waals surface area contributed by atoms with Gasteiger partial charge < -0.3 is 4.90 Å². The molecule has 0 saturated carbocycles. The molecule has 2 heterocycles. The maximum Gasteiger partial charge on any atom is 0.0754 e. The average molecular weight is 898 g/mol. The van der Waals surface area contributed by atoms with Crippen LogP contribution in [0.3, 0.4) is 0 Å². The van der Waals surface area contributed by atoms with Gasteiger partial charge in [0.2, 0.25) is 0 Å². The van der Waals surface area contributed by atoms with E-state index in [1.54, 1.807) is 0 Å². The summed E-state index contributed by atoms with van der Waals surface area (Å²) >= 11 is 1.87. The summed E-state index contributed by atoms with van der Waals surface area (Å²) in [6, 6.07) is 86.6. The fraction of sp³-hybridized carbons (Fsp3) is 0.0746. The summed E-state index contributed by atoms with van der Waals surface area (Å²) in [5.74, 6) is 0. The Morgan fingerprint density at radius 3 is 1.84 bits per heavy atom. The van der Waals surface area contributed by atoms with Crippen molar-refractivity contribution in [3.8, 4) is 33.4 Å². The number of hydrogen-bond donors (Lipinski definition) is 0. The molecule has 2 heteroatoms. The highest BCUT2D eigenvalue weighted by Gasteiger charge is 2.52. The van der Waals surface area contributed by atoms with Gasteiger partial charge in [-0.2, -0.15) is 0 Å². The van der Waals surface area contributed by atoms with E-state index in [1.165, 1.54) is 121 Å². The minimum Gasteiger partial charge on any atom is -0.310 e. The van der Waals surface area contributed by atoms with Crippen molar-refractivity contribution < 1.29 is 0 Å². The van der Waals surface area contributed by atoms with E-state index in [0.717, 1.165) is 12.1 Å².